The first-order valence-electron chi connectivity index (χ1n) is 5.25. The summed E-state index contributed by atoms with van der Waals surface area (Å²) in [7, 11) is 0. The van der Waals surface area contributed by atoms with E-state index >= 15 is 0 Å². The minimum absolute atomic E-state index is 0.236. The van der Waals surface area contributed by atoms with Crippen LogP contribution in [0.4, 0.5) is 17.8 Å². The van der Waals surface area contributed by atoms with Gasteiger partial charge in [-0.25, -0.2) is 0 Å². The number of nitrogen functional groups attached to an aromatic ring is 1. The molecule has 0 aliphatic rings. The Morgan fingerprint density at radius 3 is 2.33 bits per heavy atom. The van der Waals surface area contributed by atoms with Crippen molar-refractivity contribution in [3.8, 4) is 0 Å². The topological polar surface area (TPSA) is 88.8 Å². The van der Waals surface area contributed by atoms with E-state index in [1.54, 1.807) is 0 Å². The average molecular weight is 210 g/mol. The molecular formula is C9H18N6. The summed E-state index contributed by atoms with van der Waals surface area (Å²) in [6, 6.07) is 0. The van der Waals surface area contributed by atoms with E-state index in [-0.39, 0.29) is 5.95 Å². The van der Waals surface area contributed by atoms with Crippen LogP contribution in [0.25, 0.3) is 0 Å². The zero-order valence-electron chi connectivity index (χ0n) is 9.25. The van der Waals surface area contributed by atoms with E-state index < -0.39 is 0 Å². The lowest BCUT2D eigenvalue weighted by Gasteiger charge is -2.06. The van der Waals surface area contributed by atoms with Gasteiger partial charge in [0, 0.05) is 13.1 Å². The van der Waals surface area contributed by atoms with Crippen molar-refractivity contribution in [2.24, 2.45) is 0 Å². The largest absolute Gasteiger partial charge is 0.368 e. The highest BCUT2D eigenvalue weighted by Gasteiger charge is 2.02. The van der Waals surface area contributed by atoms with Gasteiger partial charge in [0.2, 0.25) is 17.8 Å². The molecule has 0 radical (unpaired) electrons. The van der Waals surface area contributed by atoms with Gasteiger partial charge in [0.15, 0.2) is 0 Å². The third kappa shape index (κ3) is 3.97. The molecule has 1 aromatic heterocycles. The molecular weight excluding hydrogens is 192 g/mol. The fourth-order valence-corrected chi connectivity index (χ4v) is 1.09. The first kappa shape index (κ1) is 11.5. The Kier molecular flexibility index (Phi) is 4.59. The van der Waals surface area contributed by atoms with Crippen molar-refractivity contribution in [3.63, 3.8) is 0 Å². The van der Waals surface area contributed by atoms with Gasteiger partial charge >= 0.3 is 0 Å². The molecule has 0 aliphatic heterocycles. The van der Waals surface area contributed by atoms with Gasteiger partial charge in [-0.1, -0.05) is 13.3 Å². The minimum atomic E-state index is 0.236. The van der Waals surface area contributed by atoms with Crippen LogP contribution in [0, 0.1) is 0 Å². The smallest absolute Gasteiger partial charge is 0.229 e. The summed E-state index contributed by atoms with van der Waals surface area (Å²) in [5.74, 6) is 1.29. The predicted octanol–water partition coefficient (Wildman–Crippen LogP) is 1.10. The number of nitrogens with one attached hydrogen (secondary N) is 2. The molecule has 1 heterocycles. The molecule has 0 spiro atoms. The normalized spacial score (nSPS) is 10.0. The van der Waals surface area contributed by atoms with Crippen LogP contribution in [-0.2, 0) is 0 Å². The van der Waals surface area contributed by atoms with E-state index in [9.17, 15) is 0 Å². The Hall–Kier alpha value is -1.59. The fourth-order valence-electron chi connectivity index (χ4n) is 1.09. The lowest BCUT2D eigenvalue weighted by Crippen LogP contribution is -2.11. The van der Waals surface area contributed by atoms with Crippen LogP contribution in [0.1, 0.15) is 26.7 Å². The van der Waals surface area contributed by atoms with E-state index in [0.717, 1.165) is 25.9 Å². The van der Waals surface area contributed by atoms with Gasteiger partial charge in [0.05, 0.1) is 0 Å². The zero-order chi connectivity index (χ0) is 11.1. The van der Waals surface area contributed by atoms with Crippen LogP contribution in [0.3, 0.4) is 0 Å². The van der Waals surface area contributed by atoms with Crippen LogP contribution in [-0.4, -0.2) is 28.0 Å². The van der Waals surface area contributed by atoms with E-state index in [0.29, 0.717) is 11.9 Å². The number of anilines is 3. The molecule has 0 amide bonds. The maximum absolute atomic E-state index is 5.55. The third-order valence-corrected chi connectivity index (χ3v) is 1.80. The molecule has 15 heavy (non-hydrogen) atoms. The van der Waals surface area contributed by atoms with Gasteiger partial charge < -0.3 is 16.4 Å². The molecule has 0 bridgehead atoms. The molecule has 6 heteroatoms. The van der Waals surface area contributed by atoms with Gasteiger partial charge in [-0.3, -0.25) is 0 Å². The molecule has 0 aromatic carbocycles. The van der Waals surface area contributed by atoms with Crippen molar-refractivity contribution in [1.82, 2.24) is 15.0 Å². The van der Waals surface area contributed by atoms with Crippen molar-refractivity contribution in [2.45, 2.75) is 26.7 Å². The van der Waals surface area contributed by atoms with Gasteiger partial charge in [0.25, 0.3) is 0 Å². The molecule has 0 saturated heterocycles. The fraction of sp³-hybridized carbons (Fsp3) is 0.667. The molecule has 1 rings (SSSR count). The highest BCUT2D eigenvalue weighted by Crippen LogP contribution is 2.06. The highest BCUT2D eigenvalue weighted by molar-refractivity contribution is 5.39. The van der Waals surface area contributed by atoms with Gasteiger partial charge in [-0.05, 0) is 13.3 Å². The second-order valence-electron chi connectivity index (χ2n) is 3.15. The van der Waals surface area contributed by atoms with Crippen LogP contribution in [0.15, 0.2) is 0 Å². The number of hydrogen-bond acceptors (Lipinski definition) is 6. The first-order chi connectivity index (χ1) is 7.26. The second kappa shape index (κ2) is 6.00. The first-order valence-corrected chi connectivity index (χ1v) is 5.25. The van der Waals surface area contributed by atoms with Gasteiger partial charge in [-0.15, -0.1) is 0 Å². The van der Waals surface area contributed by atoms with Crippen LogP contribution in [0.5, 0.6) is 0 Å². The standard InChI is InChI=1S/C9H18N6/c1-3-5-6-12-9-14-7(10)13-8(15-9)11-4-2/h3-6H2,1-2H3,(H4,10,11,12,13,14,15). The van der Waals surface area contributed by atoms with Crippen molar-refractivity contribution in [2.75, 3.05) is 29.5 Å². The molecule has 0 unspecified atom stereocenters. The molecule has 0 atom stereocenters. The van der Waals surface area contributed by atoms with Crippen molar-refractivity contribution >= 4 is 17.8 Å². The minimum Gasteiger partial charge on any atom is -0.368 e. The number of unbranched alkanes of at least 4 members (excludes halogenated alkanes) is 1. The summed E-state index contributed by atoms with van der Waals surface area (Å²) in [4.78, 5) is 12.1. The van der Waals surface area contributed by atoms with Crippen LogP contribution < -0.4 is 16.4 Å². The molecule has 4 N–H and O–H groups in total. The summed E-state index contributed by atoms with van der Waals surface area (Å²) in [5.41, 5.74) is 5.55. The van der Waals surface area contributed by atoms with E-state index in [4.69, 9.17) is 5.73 Å². The Labute approximate surface area is 89.7 Å². The monoisotopic (exact) mass is 210 g/mol. The number of aromatic nitrogens is 3. The van der Waals surface area contributed by atoms with E-state index in [2.05, 4.69) is 32.5 Å². The Balaban J connectivity index is 2.62. The van der Waals surface area contributed by atoms with E-state index in [1.165, 1.54) is 0 Å². The maximum Gasteiger partial charge on any atom is 0.229 e. The number of rotatable bonds is 6. The lowest BCUT2D eigenvalue weighted by atomic mass is 10.3. The highest BCUT2D eigenvalue weighted by atomic mass is 15.2. The lowest BCUT2D eigenvalue weighted by molar-refractivity contribution is 0.825. The molecule has 1 aromatic rings. The Morgan fingerprint density at radius 2 is 1.73 bits per heavy atom. The van der Waals surface area contributed by atoms with Crippen molar-refractivity contribution in [3.05, 3.63) is 0 Å². The maximum atomic E-state index is 5.55. The summed E-state index contributed by atoms with van der Waals surface area (Å²) >= 11 is 0. The van der Waals surface area contributed by atoms with Crippen molar-refractivity contribution in [1.29, 1.82) is 0 Å². The predicted molar refractivity (Wildman–Crippen MR) is 61.8 cm³/mol. The molecule has 84 valence electrons. The zero-order valence-corrected chi connectivity index (χ0v) is 9.25. The van der Waals surface area contributed by atoms with Crippen LogP contribution >= 0.6 is 0 Å². The number of nitrogens with two attached hydrogens (primary N) is 1. The number of hydrogen-bond donors (Lipinski definition) is 3. The number of nitrogens with zero attached hydrogens (tertiary/aromatic N) is 3. The second-order valence-corrected chi connectivity index (χ2v) is 3.15. The quantitative estimate of drug-likeness (QED) is 0.609. The van der Waals surface area contributed by atoms with Gasteiger partial charge in [0.1, 0.15) is 0 Å². The van der Waals surface area contributed by atoms with Gasteiger partial charge in [-0.2, -0.15) is 15.0 Å². The molecule has 0 aliphatic carbocycles. The summed E-state index contributed by atoms with van der Waals surface area (Å²) in [6.45, 7) is 5.72. The summed E-state index contributed by atoms with van der Waals surface area (Å²) < 4.78 is 0. The summed E-state index contributed by atoms with van der Waals surface area (Å²) in [6.07, 6.45) is 2.22. The SMILES string of the molecule is CCCCNc1nc(N)nc(NCC)n1. The van der Waals surface area contributed by atoms with Crippen molar-refractivity contribution < 1.29 is 0 Å². The molecule has 0 saturated carbocycles. The molecule has 0 fully saturated rings. The van der Waals surface area contributed by atoms with Crippen LogP contribution in [0.2, 0.25) is 0 Å². The third-order valence-electron chi connectivity index (χ3n) is 1.80. The average Bonchev–Trinajstić information content (AvgIpc) is 2.18. The van der Waals surface area contributed by atoms with E-state index in [1.807, 2.05) is 6.92 Å². The Bertz CT molecular complexity index is 301. The molecule has 6 nitrogen and oxygen atoms in total. The summed E-state index contributed by atoms with van der Waals surface area (Å²) in [5, 5.41) is 6.10. The Morgan fingerprint density at radius 1 is 1.07 bits per heavy atom.